The van der Waals surface area contributed by atoms with Crippen molar-refractivity contribution in [2.75, 3.05) is 7.11 Å². The van der Waals surface area contributed by atoms with E-state index in [0.717, 1.165) is 15.8 Å². The van der Waals surface area contributed by atoms with Gasteiger partial charge in [-0.05, 0) is 45.8 Å². The first-order chi connectivity index (χ1) is 10.2. The van der Waals surface area contributed by atoms with E-state index in [-0.39, 0.29) is 5.84 Å². The molecular formula is C15H15BrN2O3. The maximum absolute atomic E-state index is 8.81. The highest BCUT2D eigenvalue weighted by atomic mass is 79.9. The van der Waals surface area contributed by atoms with Crippen molar-refractivity contribution in [2.45, 2.75) is 6.61 Å². The highest BCUT2D eigenvalue weighted by Crippen LogP contribution is 2.26. The molecular weight excluding hydrogens is 336 g/mol. The predicted molar refractivity (Wildman–Crippen MR) is 84.0 cm³/mol. The van der Waals surface area contributed by atoms with Crippen LogP contribution < -0.4 is 15.2 Å². The number of nitrogens with two attached hydrogens (primary N) is 1. The van der Waals surface area contributed by atoms with Gasteiger partial charge in [0.15, 0.2) is 5.84 Å². The van der Waals surface area contributed by atoms with Crippen molar-refractivity contribution in [1.82, 2.24) is 0 Å². The summed E-state index contributed by atoms with van der Waals surface area (Å²) in [5, 5.41) is 11.8. The van der Waals surface area contributed by atoms with E-state index in [1.807, 2.05) is 30.3 Å². The zero-order valence-electron chi connectivity index (χ0n) is 11.4. The van der Waals surface area contributed by atoms with Crippen LogP contribution in [0.4, 0.5) is 0 Å². The first-order valence-electron chi connectivity index (χ1n) is 6.18. The molecule has 0 atom stereocenters. The van der Waals surface area contributed by atoms with Crippen LogP contribution in [0.15, 0.2) is 52.1 Å². The number of hydrogen-bond donors (Lipinski definition) is 2. The number of benzene rings is 2. The number of rotatable bonds is 5. The second-order valence-electron chi connectivity index (χ2n) is 4.24. The molecule has 0 unspecified atom stereocenters. The molecule has 110 valence electrons. The Bertz CT molecular complexity index is 659. The molecule has 0 aliphatic heterocycles. The summed E-state index contributed by atoms with van der Waals surface area (Å²) in [5.41, 5.74) is 7.05. The molecule has 2 aromatic carbocycles. The van der Waals surface area contributed by atoms with Crippen molar-refractivity contribution in [3.05, 3.63) is 58.1 Å². The quantitative estimate of drug-likeness (QED) is 0.376. The molecule has 0 bridgehead atoms. The van der Waals surface area contributed by atoms with Gasteiger partial charge in [0.05, 0.1) is 17.1 Å². The molecule has 21 heavy (non-hydrogen) atoms. The minimum Gasteiger partial charge on any atom is -0.496 e. The Kier molecular flexibility index (Phi) is 5.05. The van der Waals surface area contributed by atoms with E-state index in [4.69, 9.17) is 20.4 Å². The largest absolute Gasteiger partial charge is 0.496 e. The molecule has 3 N–H and O–H groups in total. The second kappa shape index (κ2) is 6.99. The Morgan fingerprint density at radius 2 is 2.00 bits per heavy atom. The number of amidine groups is 1. The van der Waals surface area contributed by atoms with Gasteiger partial charge >= 0.3 is 0 Å². The lowest BCUT2D eigenvalue weighted by atomic mass is 10.1. The van der Waals surface area contributed by atoms with Gasteiger partial charge in [-0.2, -0.15) is 0 Å². The van der Waals surface area contributed by atoms with Crippen molar-refractivity contribution < 1.29 is 14.7 Å². The first kappa shape index (κ1) is 15.2. The lowest BCUT2D eigenvalue weighted by molar-refractivity contribution is 0.304. The Labute approximate surface area is 131 Å². The molecule has 6 heteroatoms. The van der Waals surface area contributed by atoms with Crippen molar-refractivity contribution in [3.8, 4) is 11.5 Å². The predicted octanol–water partition coefficient (Wildman–Crippen LogP) is 3.13. The fourth-order valence-corrected chi connectivity index (χ4v) is 2.22. The minimum absolute atomic E-state index is 0.00501. The summed E-state index contributed by atoms with van der Waals surface area (Å²) in [6.07, 6.45) is 0. The zero-order valence-corrected chi connectivity index (χ0v) is 13.0. The maximum Gasteiger partial charge on any atom is 0.173 e. The average molecular weight is 351 g/mol. The van der Waals surface area contributed by atoms with Gasteiger partial charge in [0, 0.05) is 0 Å². The monoisotopic (exact) mass is 350 g/mol. The van der Waals surface area contributed by atoms with E-state index < -0.39 is 0 Å². The summed E-state index contributed by atoms with van der Waals surface area (Å²) in [7, 11) is 1.53. The van der Waals surface area contributed by atoms with E-state index in [1.54, 1.807) is 12.1 Å². The molecule has 2 aromatic rings. The fourth-order valence-electron chi connectivity index (χ4n) is 1.82. The van der Waals surface area contributed by atoms with Crippen molar-refractivity contribution in [1.29, 1.82) is 0 Å². The molecule has 5 nitrogen and oxygen atoms in total. The lowest BCUT2D eigenvalue weighted by Crippen LogP contribution is -2.15. The smallest absolute Gasteiger partial charge is 0.173 e. The molecule has 0 aromatic heterocycles. The summed E-state index contributed by atoms with van der Waals surface area (Å²) in [6, 6.07) is 13.0. The number of oxime groups is 1. The third kappa shape index (κ3) is 3.66. The number of halogens is 1. The highest BCUT2D eigenvalue weighted by Gasteiger charge is 2.09. The van der Waals surface area contributed by atoms with Crippen LogP contribution in [0, 0.1) is 0 Å². The molecule has 0 fully saturated rings. The lowest BCUT2D eigenvalue weighted by Gasteiger charge is -2.11. The summed E-state index contributed by atoms with van der Waals surface area (Å²) in [6.45, 7) is 0.359. The summed E-state index contributed by atoms with van der Waals surface area (Å²) in [4.78, 5) is 0. The topological polar surface area (TPSA) is 77.1 Å². The number of methoxy groups -OCH3 is 1. The Morgan fingerprint density at radius 3 is 2.67 bits per heavy atom. The van der Waals surface area contributed by atoms with Crippen molar-refractivity contribution >= 4 is 21.8 Å². The second-order valence-corrected chi connectivity index (χ2v) is 5.09. The van der Waals surface area contributed by atoms with Crippen LogP contribution in [-0.2, 0) is 6.61 Å². The summed E-state index contributed by atoms with van der Waals surface area (Å²) < 4.78 is 11.8. The number of ether oxygens (including phenoxy) is 2. The van der Waals surface area contributed by atoms with Gasteiger partial charge in [-0.25, -0.2) is 0 Å². The third-order valence-electron chi connectivity index (χ3n) is 2.88. The van der Waals surface area contributed by atoms with Gasteiger partial charge in [0.2, 0.25) is 0 Å². The number of nitrogens with zero attached hydrogens (tertiary/aromatic N) is 1. The number of para-hydroxylation sites is 1. The molecule has 0 spiro atoms. The molecule has 0 radical (unpaired) electrons. The summed E-state index contributed by atoms with van der Waals surface area (Å²) >= 11 is 3.42. The number of hydrogen-bond acceptors (Lipinski definition) is 4. The van der Waals surface area contributed by atoms with Gasteiger partial charge in [-0.15, -0.1) is 0 Å². The van der Waals surface area contributed by atoms with Crippen LogP contribution in [0.1, 0.15) is 11.1 Å². The van der Waals surface area contributed by atoms with Gasteiger partial charge in [0.25, 0.3) is 0 Å². The molecule has 2 rings (SSSR count). The molecule has 0 heterocycles. The van der Waals surface area contributed by atoms with E-state index in [0.29, 0.717) is 17.9 Å². The third-order valence-corrected chi connectivity index (χ3v) is 3.53. The van der Waals surface area contributed by atoms with Gasteiger partial charge < -0.3 is 20.4 Å². The first-order valence-corrected chi connectivity index (χ1v) is 6.97. The van der Waals surface area contributed by atoms with Gasteiger partial charge in [0.1, 0.15) is 18.1 Å². The Hall–Kier alpha value is -2.21. The van der Waals surface area contributed by atoms with E-state index in [9.17, 15) is 0 Å². The van der Waals surface area contributed by atoms with E-state index >= 15 is 0 Å². The summed E-state index contributed by atoms with van der Waals surface area (Å²) in [5.74, 6) is 1.28. The average Bonchev–Trinajstić information content (AvgIpc) is 2.53. The SMILES string of the molecule is COc1ccc(COc2ccccc2Br)cc1C(N)=NO. The van der Waals surface area contributed by atoms with Crippen LogP contribution in [-0.4, -0.2) is 18.2 Å². The molecule has 0 aliphatic rings. The van der Waals surface area contributed by atoms with E-state index in [2.05, 4.69) is 21.1 Å². The molecule has 0 aliphatic carbocycles. The minimum atomic E-state index is -0.00501. The fraction of sp³-hybridized carbons (Fsp3) is 0.133. The van der Waals surface area contributed by atoms with Crippen LogP contribution in [0.3, 0.4) is 0 Å². The van der Waals surface area contributed by atoms with Gasteiger partial charge in [-0.3, -0.25) is 0 Å². The van der Waals surface area contributed by atoms with Crippen molar-refractivity contribution in [2.24, 2.45) is 10.9 Å². The van der Waals surface area contributed by atoms with Crippen LogP contribution in [0.5, 0.6) is 11.5 Å². The molecule has 0 saturated carbocycles. The van der Waals surface area contributed by atoms with E-state index in [1.165, 1.54) is 7.11 Å². The Morgan fingerprint density at radius 1 is 1.24 bits per heavy atom. The highest BCUT2D eigenvalue weighted by molar-refractivity contribution is 9.10. The van der Waals surface area contributed by atoms with Crippen LogP contribution in [0.2, 0.25) is 0 Å². The standard InChI is InChI=1S/C15H15BrN2O3/c1-20-13-7-6-10(8-11(13)15(17)18-19)9-21-14-5-3-2-4-12(14)16/h2-8,19H,9H2,1H3,(H2,17,18). The molecule has 0 saturated heterocycles. The maximum atomic E-state index is 8.81. The molecule has 0 amide bonds. The van der Waals surface area contributed by atoms with Crippen LogP contribution >= 0.6 is 15.9 Å². The van der Waals surface area contributed by atoms with Crippen molar-refractivity contribution in [3.63, 3.8) is 0 Å². The van der Waals surface area contributed by atoms with Crippen LogP contribution in [0.25, 0.3) is 0 Å². The Balaban J connectivity index is 2.20. The zero-order chi connectivity index (χ0) is 15.2. The normalized spacial score (nSPS) is 11.2. The van der Waals surface area contributed by atoms with Gasteiger partial charge in [-0.1, -0.05) is 23.4 Å².